The number of piperazine rings is 1. The second-order valence-corrected chi connectivity index (χ2v) is 4.25. The van der Waals surface area contributed by atoms with E-state index in [2.05, 4.69) is 10.2 Å². The molecule has 1 aromatic rings. The summed E-state index contributed by atoms with van der Waals surface area (Å²) in [6.45, 7) is 4.67. The highest BCUT2D eigenvalue weighted by atomic mass is 19.1. The third kappa shape index (κ3) is 2.87. The van der Waals surface area contributed by atoms with E-state index in [1.165, 1.54) is 6.07 Å². The van der Waals surface area contributed by atoms with Crippen LogP contribution in [0.1, 0.15) is 5.56 Å². The van der Waals surface area contributed by atoms with Crippen LogP contribution in [-0.4, -0.2) is 47.8 Å². The van der Waals surface area contributed by atoms with Crippen LogP contribution in [0.3, 0.4) is 0 Å². The van der Waals surface area contributed by atoms with Crippen LogP contribution in [-0.2, 0) is 6.42 Å². The fourth-order valence-corrected chi connectivity index (χ4v) is 2.01. The molecule has 3 N–H and O–H groups in total. The Labute approximate surface area is 99.7 Å². The molecular formula is C12H17FN2O2. The largest absolute Gasteiger partial charge is 0.505 e. The van der Waals surface area contributed by atoms with E-state index >= 15 is 0 Å². The van der Waals surface area contributed by atoms with Crippen LogP contribution in [0.2, 0.25) is 0 Å². The Bertz CT molecular complexity index is 392. The molecule has 0 bridgehead atoms. The van der Waals surface area contributed by atoms with Gasteiger partial charge in [0, 0.05) is 32.7 Å². The van der Waals surface area contributed by atoms with E-state index in [1.807, 2.05) is 0 Å². The molecule has 1 aliphatic heterocycles. The van der Waals surface area contributed by atoms with Gasteiger partial charge in [-0.2, -0.15) is 4.39 Å². The Morgan fingerprint density at radius 2 is 1.94 bits per heavy atom. The van der Waals surface area contributed by atoms with Gasteiger partial charge in [0.25, 0.3) is 0 Å². The molecule has 17 heavy (non-hydrogen) atoms. The number of hydrogen-bond donors (Lipinski definition) is 3. The van der Waals surface area contributed by atoms with Gasteiger partial charge in [-0.05, 0) is 18.1 Å². The van der Waals surface area contributed by atoms with E-state index in [0.29, 0.717) is 12.0 Å². The Balaban J connectivity index is 1.96. The van der Waals surface area contributed by atoms with Crippen molar-refractivity contribution < 1.29 is 14.6 Å². The zero-order chi connectivity index (χ0) is 12.3. The second kappa shape index (κ2) is 5.33. The summed E-state index contributed by atoms with van der Waals surface area (Å²) in [5.74, 6) is -1.86. The summed E-state index contributed by atoms with van der Waals surface area (Å²) < 4.78 is 13.2. The quantitative estimate of drug-likeness (QED) is 0.727. The lowest BCUT2D eigenvalue weighted by Crippen LogP contribution is -2.44. The first-order valence-electron chi connectivity index (χ1n) is 5.81. The predicted octanol–water partition coefficient (Wildman–Crippen LogP) is 0.685. The summed E-state index contributed by atoms with van der Waals surface area (Å²) in [4.78, 5) is 2.26. The average molecular weight is 240 g/mol. The molecule has 0 aliphatic carbocycles. The first-order chi connectivity index (χ1) is 8.18. The van der Waals surface area contributed by atoms with Crippen LogP contribution >= 0.6 is 0 Å². The first kappa shape index (κ1) is 12.1. The summed E-state index contributed by atoms with van der Waals surface area (Å²) in [5.41, 5.74) is 0.541. The van der Waals surface area contributed by atoms with E-state index in [9.17, 15) is 9.50 Å². The molecule has 0 saturated carbocycles. The van der Waals surface area contributed by atoms with Crippen molar-refractivity contribution in [2.24, 2.45) is 0 Å². The summed E-state index contributed by atoms with van der Waals surface area (Å²) in [7, 11) is 0. The number of hydrogen-bond acceptors (Lipinski definition) is 4. The summed E-state index contributed by atoms with van der Waals surface area (Å²) in [5, 5.41) is 21.9. The van der Waals surface area contributed by atoms with Gasteiger partial charge < -0.3 is 20.4 Å². The Kier molecular flexibility index (Phi) is 3.81. The van der Waals surface area contributed by atoms with Crippen LogP contribution in [0.4, 0.5) is 4.39 Å². The van der Waals surface area contributed by atoms with Gasteiger partial charge in [-0.1, -0.05) is 6.07 Å². The number of nitrogens with one attached hydrogen (secondary N) is 1. The maximum Gasteiger partial charge on any atom is 0.206 e. The van der Waals surface area contributed by atoms with E-state index in [0.717, 1.165) is 32.7 Å². The van der Waals surface area contributed by atoms with Crippen LogP contribution in [0.5, 0.6) is 11.5 Å². The van der Waals surface area contributed by atoms with Crippen LogP contribution in [0.25, 0.3) is 0 Å². The van der Waals surface area contributed by atoms with Gasteiger partial charge >= 0.3 is 0 Å². The van der Waals surface area contributed by atoms with Crippen molar-refractivity contribution >= 4 is 0 Å². The van der Waals surface area contributed by atoms with Gasteiger partial charge in [0.15, 0.2) is 11.5 Å². The third-order valence-corrected chi connectivity index (χ3v) is 3.09. The van der Waals surface area contributed by atoms with Crippen LogP contribution in [0.15, 0.2) is 12.1 Å². The Morgan fingerprint density at radius 3 is 2.65 bits per heavy atom. The monoisotopic (exact) mass is 240 g/mol. The van der Waals surface area contributed by atoms with Gasteiger partial charge in [-0.3, -0.25) is 0 Å². The number of phenols is 2. The molecule has 0 spiro atoms. The van der Waals surface area contributed by atoms with Crippen LogP contribution < -0.4 is 5.32 Å². The van der Waals surface area contributed by atoms with Gasteiger partial charge in [-0.25, -0.2) is 0 Å². The molecule has 0 unspecified atom stereocenters. The maximum atomic E-state index is 13.2. The number of nitrogens with zero attached hydrogens (tertiary/aromatic N) is 1. The molecule has 0 radical (unpaired) electrons. The molecule has 1 aromatic carbocycles. The molecule has 4 nitrogen and oxygen atoms in total. The molecular weight excluding hydrogens is 223 g/mol. The van der Waals surface area contributed by atoms with Gasteiger partial charge in [0.2, 0.25) is 5.82 Å². The predicted molar refractivity (Wildman–Crippen MR) is 62.7 cm³/mol. The maximum absolute atomic E-state index is 13.2. The molecule has 1 heterocycles. The van der Waals surface area contributed by atoms with Crippen molar-refractivity contribution in [1.82, 2.24) is 10.2 Å². The highest BCUT2D eigenvalue weighted by Crippen LogP contribution is 2.28. The molecule has 0 aromatic heterocycles. The van der Waals surface area contributed by atoms with Crippen molar-refractivity contribution in [1.29, 1.82) is 0 Å². The molecule has 0 amide bonds. The van der Waals surface area contributed by atoms with Gasteiger partial charge in [-0.15, -0.1) is 0 Å². The van der Waals surface area contributed by atoms with Crippen molar-refractivity contribution in [3.05, 3.63) is 23.5 Å². The normalized spacial score (nSPS) is 17.2. The van der Waals surface area contributed by atoms with E-state index < -0.39 is 17.3 Å². The number of benzene rings is 1. The lowest BCUT2D eigenvalue weighted by atomic mass is 10.1. The molecule has 0 atom stereocenters. The number of phenolic OH excluding ortho intramolecular Hbond substituents is 2. The SMILES string of the molecule is Oc1ccc(CCN2CCNCC2)c(O)c1F. The Morgan fingerprint density at radius 1 is 1.24 bits per heavy atom. The number of halogens is 1. The fraction of sp³-hybridized carbons (Fsp3) is 0.500. The highest BCUT2D eigenvalue weighted by molar-refractivity contribution is 5.41. The molecule has 1 fully saturated rings. The molecule has 94 valence electrons. The fourth-order valence-electron chi connectivity index (χ4n) is 2.01. The van der Waals surface area contributed by atoms with E-state index in [-0.39, 0.29) is 0 Å². The van der Waals surface area contributed by atoms with Gasteiger partial charge in [0.05, 0.1) is 0 Å². The summed E-state index contributed by atoms with van der Waals surface area (Å²) in [6, 6.07) is 2.85. The number of rotatable bonds is 3. The Hall–Kier alpha value is -1.33. The minimum Gasteiger partial charge on any atom is -0.505 e. The third-order valence-electron chi connectivity index (χ3n) is 3.09. The minimum absolute atomic E-state index is 0.430. The number of aromatic hydroxyl groups is 2. The summed E-state index contributed by atoms with van der Waals surface area (Å²) >= 11 is 0. The standard InChI is InChI=1S/C12H17FN2O2/c13-11-10(16)2-1-9(12(11)17)3-6-15-7-4-14-5-8-15/h1-2,14,16-17H,3-8H2. The molecule has 1 aliphatic rings. The first-order valence-corrected chi connectivity index (χ1v) is 5.81. The molecule has 5 heteroatoms. The van der Waals surface area contributed by atoms with Crippen LogP contribution in [0, 0.1) is 5.82 Å². The van der Waals surface area contributed by atoms with Crippen molar-refractivity contribution in [3.63, 3.8) is 0 Å². The van der Waals surface area contributed by atoms with Crippen molar-refractivity contribution in [2.75, 3.05) is 32.7 Å². The minimum atomic E-state index is -0.928. The summed E-state index contributed by atoms with van der Waals surface area (Å²) in [6.07, 6.45) is 0.586. The average Bonchev–Trinajstić information content (AvgIpc) is 2.36. The highest BCUT2D eigenvalue weighted by Gasteiger charge is 2.14. The molecule has 2 rings (SSSR count). The van der Waals surface area contributed by atoms with E-state index in [1.54, 1.807) is 6.07 Å². The lowest BCUT2D eigenvalue weighted by Gasteiger charge is -2.27. The van der Waals surface area contributed by atoms with Gasteiger partial charge in [0.1, 0.15) is 0 Å². The van der Waals surface area contributed by atoms with Crippen molar-refractivity contribution in [2.45, 2.75) is 6.42 Å². The van der Waals surface area contributed by atoms with E-state index in [4.69, 9.17) is 5.11 Å². The zero-order valence-corrected chi connectivity index (χ0v) is 9.62. The molecule has 1 saturated heterocycles. The van der Waals surface area contributed by atoms with Crippen molar-refractivity contribution in [3.8, 4) is 11.5 Å². The smallest absolute Gasteiger partial charge is 0.206 e. The second-order valence-electron chi connectivity index (χ2n) is 4.25. The lowest BCUT2D eigenvalue weighted by molar-refractivity contribution is 0.243. The zero-order valence-electron chi connectivity index (χ0n) is 9.62. The topological polar surface area (TPSA) is 55.7 Å².